The molecule has 2 amide bonds. The summed E-state index contributed by atoms with van der Waals surface area (Å²) in [5, 5.41) is 4.71. The first-order valence-corrected chi connectivity index (χ1v) is 8.10. The van der Waals surface area contributed by atoms with Crippen molar-refractivity contribution in [3.63, 3.8) is 0 Å². The highest BCUT2D eigenvalue weighted by Crippen LogP contribution is 2.34. The number of halogens is 3. The average Bonchev–Trinajstić information content (AvgIpc) is 2.52. The van der Waals surface area contributed by atoms with Crippen LogP contribution in [-0.4, -0.2) is 19.2 Å². The molecule has 0 aromatic heterocycles. The molecular weight excluding hydrogens is 345 g/mol. The second kappa shape index (κ2) is 8.12. The van der Waals surface area contributed by atoms with Crippen LogP contribution in [0.4, 0.5) is 23.7 Å². The van der Waals surface area contributed by atoms with Gasteiger partial charge in [-0.05, 0) is 44.0 Å². The summed E-state index contributed by atoms with van der Waals surface area (Å²) in [6, 6.07) is 8.10. The zero-order chi connectivity index (χ0) is 19.3. The van der Waals surface area contributed by atoms with Crippen molar-refractivity contribution >= 4 is 11.7 Å². The van der Waals surface area contributed by atoms with Crippen molar-refractivity contribution in [1.29, 1.82) is 0 Å². The van der Waals surface area contributed by atoms with E-state index in [1.807, 2.05) is 32.9 Å². The molecule has 0 radical (unpaired) electrons. The molecule has 0 spiro atoms. The Morgan fingerprint density at radius 2 is 1.69 bits per heavy atom. The Labute approximate surface area is 150 Å². The van der Waals surface area contributed by atoms with Crippen LogP contribution in [-0.2, 0) is 6.18 Å². The molecular formula is C19H21F3N2O2. The molecule has 2 N–H and O–H groups in total. The zero-order valence-corrected chi connectivity index (χ0v) is 14.8. The van der Waals surface area contributed by atoms with Gasteiger partial charge in [-0.1, -0.05) is 29.8 Å². The smallest absolute Gasteiger partial charge is 0.418 e. The molecule has 0 aliphatic carbocycles. The van der Waals surface area contributed by atoms with Gasteiger partial charge in [-0.15, -0.1) is 0 Å². The standard InChI is InChI=1S/C19H21F3N2O2/c1-12-10-13(2)17(14(3)11-12)26-9-8-23-18(25)24-16-7-5-4-6-15(16)19(20,21)22/h4-7,10-11H,8-9H2,1-3H3,(H2,23,24,25). The molecule has 0 bridgehead atoms. The Morgan fingerprint density at radius 3 is 2.31 bits per heavy atom. The summed E-state index contributed by atoms with van der Waals surface area (Å²) in [6.45, 7) is 6.23. The van der Waals surface area contributed by atoms with Crippen LogP contribution in [0.2, 0.25) is 0 Å². The highest BCUT2D eigenvalue weighted by Gasteiger charge is 2.33. The molecule has 0 fully saturated rings. The topological polar surface area (TPSA) is 50.4 Å². The number of amides is 2. The number of carbonyl (C=O) groups excluding carboxylic acids is 1. The second-order valence-corrected chi connectivity index (χ2v) is 6.00. The van der Waals surface area contributed by atoms with Crippen molar-refractivity contribution in [2.24, 2.45) is 0 Å². The first-order valence-electron chi connectivity index (χ1n) is 8.10. The minimum Gasteiger partial charge on any atom is -0.491 e. The van der Waals surface area contributed by atoms with Crippen LogP contribution in [0.3, 0.4) is 0 Å². The lowest BCUT2D eigenvalue weighted by atomic mass is 10.1. The molecule has 26 heavy (non-hydrogen) atoms. The lowest BCUT2D eigenvalue weighted by Gasteiger charge is -2.15. The Morgan fingerprint density at radius 1 is 1.08 bits per heavy atom. The van der Waals surface area contributed by atoms with E-state index in [-0.39, 0.29) is 18.8 Å². The number of rotatable bonds is 5. The van der Waals surface area contributed by atoms with E-state index in [0.717, 1.165) is 28.5 Å². The summed E-state index contributed by atoms with van der Waals surface area (Å²) in [4.78, 5) is 11.8. The molecule has 7 heteroatoms. The number of ether oxygens (including phenoxy) is 1. The van der Waals surface area contributed by atoms with Gasteiger partial charge < -0.3 is 15.4 Å². The molecule has 2 aromatic rings. The number of carbonyl (C=O) groups is 1. The van der Waals surface area contributed by atoms with Crippen LogP contribution in [0.25, 0.3) is 0 Å². The highest BCUT2D eigenvalue weighted by atomic mass is 19.4. The third-order valence-corrected chi connectivity index (χ3v) is 3.72. The van der Waals surface area contributed by atoms with E-state index in [9.17, 15) is 18.0 Å². The number of hydrogen-bond donors (Lipinski definition) is 2. The number of para-hydroxylation sites is 1. The van der Waals surface area contributed by atoms with Gasteiger partial charge in [0, 0.05) is 0 Å². The van der Waals surface area contributed by atoms with E-state index in [1.54, 1.807) is 0 Å². The molecule has 0 atom stereocenters. The summed E-state index contributed by atoms with van der Waals surface area (Å²) in [6.07, 6.45) is -4.53. The molecule has 0 unspecified atom stereocenters. The molecule has 0 heterocycles. The van der Waals surface area contributed by atoms with Crippen molar-refractivity contribution in [3.05, 3.63) is 58.7 Å². The van der Waals surface area contributed by atoms with Crippen LogP contribution in [0.5, 0.6) is 5.75 Å². The highest BCUT2D eigenvalue weighted by molar-refractivity contribution is 5.90. The average molecular weight is 366 g/mol. The van der Waals surface area contributed by atoms with Crippen molar-refractivity contribution in [2.75, 3.05) is 18.5 Å². The molecule has 4 nitrogen and oxygen atoms in total. The van der Waals surface area contributed by atoms with Crippen LogP contribution in [0.1, 0.15) is 22.3 Å². The van der Waals surface area contributed by atoms with Gasteiger partial charge in [0.25, 0.3) is 0 Å². The van der Waals surface area contributed by atoms with Crippen LogP contribution >= 0.6 is 0 Å². The van der Waals surface area contributed by atoms with Gasteiger partial charge in [-0.3, -0.25) is 0 Å². The fourth-order valence-corrected chi connectivity index (χ4v) is 2.72. The predicted molar refractivity (Wildman–Crippen MR) is 94.6 cm³/mol. The number of benzene rings is 2. The van der Waals surface area contributed by atoms with Crippen molar-refractivity contribution in [2.45, 2.75) is 26.9 Å². The Bertz CT molecular complexity index is 766. The number of anilines is 1. The molecule has 140 valence electrons. The lowest BCUT2D eigenvalue weighted by molar-refractivity contribution is -0.136. The number of nitrogens with one attached hydrogen (secondary N) is 2. The lowest BCUT2D eigenvalue weighted by Crippen LogP contribution is -2.33. The number of hydrogen-bond acceptors (Lipinski definition) is 2. The monoisotopic (exact) mass is 366 g/mol. The fraction of sp³-hybridized carbons (Fsp3) is 0.316. The minimum atomic E-state index is -4.53. The van der Waals surface area contributed by atoms with Crippen molar-refractivity contribution in [3.8, 4) is 5.75 Å². The maximum Gasteiger partial charge on any atom is 0.418 e. The first-order chi connectivity index (χ1) is 12.2. The SMILES string of the molecule is Cc1cc(C)c(OCCNC(=O)Nc2ccccc2C(F)(F)F)c(C)c1. The summed E-state index contributed by atoms with van der Waals surface area (Å²) in [5.74, 6) is 0.750. The normalized spacial score (nSPS) is 11.2. The molecule has 2 aromatic carbocycles. The van der Waals surface area contributed by atoms with Gasteiger partial charge in [-0.2, -0.15) is 13.2 Å². The third-order valence-electron chi connectivity index (χ3n) is 3.72. The van der Waals surface area contributed by atoms with Gasteiger partial charge in [-0.25, -0.2) is 4.79 Å². The Balaban J connectivity index is 1.87. The number of alkyl halides is 3. The summed E-state index contributed by atoms with van der Waals surface area (Å²) < 4.78 is 44.4. The minimum absolute atomic E-state index is 0.159. The van der Waals surface area contributed by atoms with Crippen LogP contribution in [0.15, 0.2) is 36.4 Å². The zero-order valence-electron chi connectivity index (χ0n) is 14.8. The largest absolute Gasteiger partial charge is 0.491 e. The van der Waals surface area contributed by atoms with E-state index >= 15 is 0 Å². The quantitative estimate of drug-likeness (QED) is 0.745. The maximum atomic E-state index is 12.9. The fourth-order valence-electron chi connectivity index (χ4n) is 2.72. The third kappa shape index (κ3) is 5.15. The van der Waals surface area contributed by atoms with E-state index in [4.69, 9.17) is 4.74 Å². The second-order valence-electron chi connectivity index (χ2n) is 6.00. The van der Waals surface area contributed by atoms with E-state index < -0.39 is 17.8 Å². The van der Waals surface area contributed by atoms with Gasteiger partial charge in [0.1, 0.15) is 12.4 Å². The van der Waals surface area contributed by atoms with Crippen molar-refractivity contribution < 1.29 is 22.7 Å². The Hall–Kier alpha value is -2.70. The number of urea groups is 1. The van der Waals surface area contributed by atoms with Gasteiger partial charge >= 0.3 is 12.2 Å². The molecule has 2 rings (SSSR count). The van der Waals surface area contributed by atoms with Crippen LogP contribution in [0, 0.1) is 20.8 Å². The molecule has 0 aliphatic heterocycles. The summed E-state index contributed by atoms with van der Waals surface area (Å²) >= 11 is 0. The van der Waals surface area contributed by atoms with Crippen LogP contribution < -0.4 is 15.4 Å². The van der Waals surface area contributed by atoms with Gasteiger partial charge in [0.2, 0.25) is 0 Å². The van der Waals surface area contributed by atoms with Crippen molar-refractivity contribution in [1.82, 2.24) is 5.32 Å². The summed E-state index contributed by atoms with van der Waals surface area (Å²) in [5.41, 5.74) is 1.94. The van der Waals surface area contributed by atoms with E-state index in [2.05, 4.69) is 10.6 Å². The first kappa shape index (κ1) is 19.6. The molecule has 0 aliphatic rings. The van der Waals surface area contributed by atoms with Gasteiger partial charge in [0.15, 0.2) is 0 Å². The van der Waals surface area contributed by atoms with Gasteiger partial charge in [0.05, 0.1) is 17.8 Å². The number of aryl methyl sites for hydroxylation is 3. The molecule has 0 saturated heterocycles. The van der Waals surface area contributed by atoms with E-state index in [0.29, 0.717) is 0 Å². The predicted octanol–water partition coefficient (Wildman–Crippen LogP) is 4.83. The van der Waals surface area contributed by atoms with E-state index in [1.165, 1.54) is 18.2 Å². The Kier molecular flexibility index (Phi) is 6.13. The summed E-state index contributed by atoms with van der Waals surface area (Å²) in [7, 11) is 0. The maximum absolute atomic E-state index is 12.9. The molecule has 0 saturated carbocycles.